The Morgan fingerprint density at radius 3 is 2.70 bits per heavy atom. The van der Waals surface area contributed by atoms with Crippen molar-refractivity contribution >= 4 is 28.8 Å². The molecule has 0 aliphatic carbocycles. The lowest BCUT2D eigenvalue weighted by Gasteiger charge is -2.03. The fourth-order valence-corrected chi connectivity index (χ4v) is 1.60. The third-order valence-corrected chi connectivity index (χ3v) is 2.54. The second-order valence-corrected chi connectivity index (χ2v) is 3.95. The highest BCUT2D eigenvalue weighted by Crippen LogP contribution is 2.13. The summed E-state index contributed by atoms with van der Waals surface area (Å²) < 4.78 is 1.03. The average molecular weight is 276 g/mol. The number of nitrogens with zero attached hydrogens (tertiary/aromatic N) is 3. The molecule has 9 nitrogen and oxygen atoms in total. The number of amides is 2. The van der Waals surface area contributed by atoms with Crippen molar-refractivity contribution in [2.24, 2.45) is 11.5 Å². The molecule has 20 heavy (non-hydrogen) atoms. The summed E-state index contributed by atoms with van der Waals surface area (Å²) in [4.78, 5) is 34.0. The van der Waals surface area contributed by atoms with E-state index in [0.29, 0.717) is 11.0 Å². The minimum Gasteiger partial charge on any atom is -0.368 e. The summed E-state index contributed by atoms with van der Waals surface area (Å²) in [6.45, 7) is -0.493. The van der Waals surface area contributed by atoms with Crippen molar-refractivity contribution in [2.45, 2.75) is 0 Å². The number of nitrogens with two attached hydrogens (primary N) is 2. The van der Waals surface area contributed by atoms with Crippen molar-refractivity contribution in [3.63, 3.8) is 0 Å². The molecule has 0 bridgehead atoms. The summed E-state index contributed by atoms with van der Waals surface area (Å²) in [6.07, 6.45) is 0. The van der Waals surface area contributed by atoms with Gasteiger partial charge in [0.2, 0.25) is 5.91 Å². The van der Waals surface area contributed by atoms with Crippen LogP contribution in [0.1, 0.15) is 15.2 Å². The number of carbonyl (C=O) groups is 3. The summed E-state index contributed by atoms with van der Waals surface area (Å²) in [5.74, 6) is -1.58. The fraction of sp³-hybridized carbons (Fsp3) is 0.182. The van der Waals surface area contributed by atoms with E-state index in [1.165, 1.54) is 12.1 Å². The third-order valence-electron chi connectivity index (χ3n) is 2.54. The molecule has 0 saturated heterocycles. The van der Waals surface area contributed by atoms with Crippen molar-refractivity contribution in [3.05, 3.63) is 23.8 Å². The molecule has 1 aromatic carbocycles. The number of carbonyl (C=O) groups excluding carboxylic acids is 3. The first-order valence-electron chi connectivity index (χ1n) is 5.68. The first kappa shape index (κ1) is 13.6. The molecule has 0 aliphatic rings. The van der Waals surface area contributed by atoms with Gasteiger partial charge in [0.15, 0.2) is 0 Å². The van der Waals surface area contributed by atoms with Crippen LogP contribution >= 0.6 is 0 Å². The molecular weight excluding hydrogens is 264 g/mol. The summed E-state index contributed by atoms with van der Waals surface area (Å²) in [6, 6.07) is 4.49. The number of nitrogens with one attached hydrogen (secondary N) is 1. The van der Waals surface area contributed by atoms with E-state index in [9.17, 15) is 14.4 Å². The van der Waals surface area contributed by atoms with Crippen LogP contribution in [0.2, 0.25) is 0 Å². The lowest BCUT2D eigenvalue weighted by Crippen LogP contribution is -2.33. The van der Waals surface area contributed by atoms with E-state index in [4.69, 9.17) is 11.5 Å². The average Bonchev–Trinajstić information content (AvgIpc) is 2.86. The molecule has 0 atom stereocenters. The zero-order chi connectivity index (χ0) is 14.7. The number of primary amides is 1. The van der Waals surface area contributed by atoms with Gasteiger partial charge in [0.1, 0.15) is 5.52 Å². The Morgan fingerprint density at radius 1 is 1.30 bits per heavy atom. The highest BCUT2D eigenvalue weighted by Gasteiger charge is 2.13. The molecule has 1 heterocycles. The first-order chi connectivity index (χ1) is 9.52. The predicted molar refractivity (Wildman–Crippen MR) is 68.7 cm³/mol. The van der Waals surface area contributed by atoms with Crippen molar-refractivity contribution in [3.8, 4) is 0 Å². The van der Waals surface area contributed by atoms with Crippen LogP contribution in [0.5, 0.6) is 0 Å². The molecule has 0 spiro atoms. The van der Waals surface area contributed by atoms with E-state index in [0.717, 1.165) is 4.68 Å². The Labute approximate surface area is 112 Å². The maximum absolute atomic E-state index is 11.8. The maximum atomic E-state index is 11.8. The molecule has 2 amide bonds. The van der Waals surface area contributed by atoms with E-state index in [-0.39, 0.29) is 18.7 Å². The van der Waals surface area contributed by atoms with Gasteiger partial charge in [-0.1, -0.05) is 5.21 Å². The lowest BCUT2D eigenvalue weighted by molar-refractivity contribution is -0.117. The van der Waals surface area contributed by atoms with Crippen LogP contribution in [-0.4, -0.2) is 45.8 Å². The molecule has 2 rings (SSSR count). The second kappa shape index (κ2) is 5.45. The minimum atomic E-state index is -0.649. The van der Waals surface area contributed by atoms with E-state index in [2.05, 4.69) is 15.6 Å². The van der Waals surface area contributed by atoms with Gasteiger partial charge in [0.05, 0.1) is 18.6 Å². The Bertz CT molecular complexity index is 693. The lowest BCUT2D eigenvalue weighted by atomic mass is 10.2. The Morgan fingerprint density at radius 2 is 2.05 bits per heavy atom. The van der Waals surface area contributed by atoms with Gasteiger partial charge in [-0.05, 0) is 18.2 Å². The van der Waals surface area contributed by atoms with E-state index in [1.807, 2.05) is 0 Å². The summed E-state index contributed by atoms with van der Waals surface area (Å²) in [5, 5.41) is 9.81. The Balaban J connectivity index is 2.34. The number of hydrogen-bond donors (Lipinski definition) is 3. The van der Waals surface area contributed by atoms with Gasteiger partial charge in [0, 0.05) is 5.56 Å². The molecule has 2 aromatic rings. The van der Waals surface area contributed by atoms with Crippen LogP contribution in [0.3, 0.4) is 0 Å². The van der Waals surface area contributed by atoms with Gasteiger partial charge < -0.3 is 16.8 Å². The molecule has 0 saturated carbocycles. The molecule has 0 aliphatic heterocycles. The van der Waals surface area contributed by atoms with E-state index < -0.39 is 17.7 Å². The topological polar surface area (TPSA) is 146 Å². The van der Waals surface area contributed by atoms with Crippen molar-refractivity contribution < 1.29 is 14.4 Å². The SMILES string of the molecule is NCC(=O)n1nnc2ccc(C(=O)NCC(N)=O)cc21. The molecule has 104 valence electrons. The largest absolute Gasteiger partial charge is 0.368 e. The molecule has 0 unspecified atom stereocenters. The van der Waals surface area contributed by atoms with Gasteiger partial charge in [-0.25, -0.2) is 0 Å². The van der Waals surface area contributed by atoms with Crippen molar-refractivity contribution in [1.82, 2.24) is 20.3 Å². The molecule has 0 fully saturated rings. The van der Waals surface area contributed by atoms with Gasteiger partial charge in [-0.3, -0.25) is 14.4 Å². The van der Waals surface area contributed by atoms with E-state index in [1.54, 1.807) is 6.07 Å². The zero-order valence-corrected chi connectivity index (χ0v) is 10.4. The fourth-order valence-electron chi connectivity index (χ4n) is 1.60. The Kier molecular flexibility index (Phi) is 3.71. The van der Waals surface area contributed by atoms with E-state index >= 15 is 0 Å². The van der Waals surface area contributed by atoms with Crippen LogP contribution in [0, 0.1) is 0 Å². The molecule has 0 radical (unpaired) electrons. The predicted octanol–water partition coefficient (Wildman–Crippen LogP) is -1.75. The number of rotatable bonds is 4. The monoisotopic (exact) mass is 276 g/mol. The summed E-state index contributed by atoms with van der Waals surface area (Å²) in [7, 11) is 0. The minimum absolute atomic E-state index is 0.226. The molecule has 1 aromatic heterocycles. The first-order valence-corrected chi connectivity index (χ1v) is 5.68. The summed E-state index contributed by atoms with van der Waals surface area (Å²) >= 11 is 0. The number of aromatic nitrogens is 3. The number of hydrogen-bond acceptors (Lipinski definition) is 6. The molecular formula is C11H12N6O3. The maximum Gasteiger partial charge on any atom is 0.262 e. The quantitative estimate of drug-likeness (QED) is 0.603. The van der Waals surface area contributed by atoms with Crippen molar-refractivity contribution in [2.75, 3.05) is 13.1 Å². The summed E-state index contributed by atoms with van der Waals surface area (Å²) in [5.41, 5.74) is 11.3. The van der Waals surface area contributed by atoms with Crippen LogP contribution in [-0.2, 0) is 4.79 Å². The van der Waals surface area contributed by atoms with Crippen LogP contribution in [0.15, 0.2) is 18.2 Å². The van der Waals surface area contributed by atoms with Gasteiger partial charge in [0.25, 0.3) is 11.8 Å². The third kappa shape index (κ3) is 2.62. The molecule has 5 N–H and O–H groups in total. The smallest absolute Gasteiger partial charge is 0.262 e. The van der Waals surface area contributed by atoms with Crippen LogP contribution in [0.25, 0.3) is 11.0 Å². The van der Waals surface area contributed by atoms with Crippen LogP contribution < -0.4 is 16.8 Å². The van der Waals surface area contributed by atoms with Crippen LogP contribution in [0.4, 0.5) is 0 Å². The van der Waals surface area contributed by atoms with Gasteiger partial charge in [-0.15, -0.1) is 5.10 Å². The standard InChI is InChI=1S/C11H12N6O3/c12-4-10(19)17-8-3-6(1-2-7(8)15-16-17)11(20)14-5-9(13)18/h1-3H,4-5,12H2,(H2,13,18)(H,14,20). The second-order valence-electron chi connectivity index (χ2n) is 3.95. The highest BCUT2D eigenvalue weighted by atomic mass is 16.2. The van der Waals surface area contributed by atoms with Crippen molar-refractivity contribution in [1.29, 1.82) is 0 Å². The zero-order valence-electron chi connectivity index (χ0n) is 10.4. The molecule has 9 heteroatoms. The van der Waals surface area contributed by atoms with Gasteiger partial charge in [-0.2, -0.15) is 4.68 Å². The Hall–Kier alpha value is -2.81. The van der Waals surface area contributed by atoms with Gasteiger partial charge >= 0.3 is 0 Å². The number of benzene rings is 1. The highest BCUT2D eigenvalue weighted by molar-refractivity contribution is 6.00. The normalized spacial score (nSPS) is 10.4. The number of fused-ring (bicyclic) bond motifs is 1.